The third-order valence-corrected chi connectivity index (χ3v) is 6.13. The lowest BCUT2D eigenvalue weighted by Gasteiger charge is -2.29. The van der Waals surface area contributed by atoms with Crippen LogP contribution >= 0.6 is 0 Å². The lowest BCUT2D eigenvalue weighted by atomic mass is 9.89. The van der Waals surface area contributed by atoms with Gasteiger partial charge in [0.25, 0.3) is 0 Å². The van der Waals surface area contributed by atoms with Crippen molar-refractivity contribution in [2.75, 3.05) is 48.5 Å². The molecular formula is C27H31N7O3. The van der Waals surface area contributed by atoms with Gasteiger partial charge in [-0.3, -0.25) is 10.1 Å². The standard InChI is InChI=1S/C27H31N7O3/c1-4-25(35)29-20-6-5-7-21(17-20)30-27(36)33-24-10-13-28-26(32-24)31-22-9-8-19(16-23(22)37-3)18-11-14-34(2)15-12-18/h4-10,13,16-18H,1,11-12,14-15H2,2-3H3,(H,29,35)(H3,28,30,31,32,33,36). The summed E-state index contributed by atoms with van der Waals surface area (Å²) in [5.74, 6) is 1.51. The highest BCUT2D eigenvalue weighted by Crippen LogP contribution is 2.34. The number of likely N-dealkylation sites (tertiary alicyclic amines) is 1. The Morgan fingerprint density at radius 2 is 1.81 bits per heavy atom. The second kappa shape index (κ2) is 12.0. The van der Waals surface area contributed by atoms with Gasteiger partial charge in [0.15, 0.2) is 0 Å². The molecule has 1 aliphatic rings. The largest absolute Gasteiger partial charge is 0.495 e. The fourth-order valence-electron chi connectivity index (χ4n) is 4.16. The number of benzene rings is 2. The number of carbonyl (C=O) groups excluding carboxylic acids is 2. The summed E-state index contributed by atoms with van der Waals surface area (Å²) in [6.07, 6.45) is 4.97. The molecule has 0 spiro atoms. The number of nitrogens with zero attached hydrogens (tertiary/aromatic N) is 3. The highest BCUT2D eigenvalue weighted by molar-refractivity contribution is 6.01. The van der Waals surface area contributed by atoms with Gasteiger partial charge in [-0.2, -0.15) is 4.98 Å². The molecule has 1 fully saturated rings. The number of rotatable bonds is 8. The average Bonchev–Trinajstić information content (AvgIpc) is 2.89. The Morgan fingerprint density at radius 1 is 1.05 bits per heavy atom. The molecule has 3 amide bonds. The van der Waals surface area contributed by atoms with E-state index in [0.29, 0.717) is 34.8 Å². The van der Waals surface area contributed by atoms with Crippen LogP contribution in [0.5, 0.6) is 5.75 Å². The molecule has 0 bridgehead atoms. The minimum Gasteiger partial charge on any atom is -0.495 e. The number of carbonyl (C=O) groups is 2. The van der Waals surface area contributed by atoms with Crippen molar-refractivity contribution in [1.82, 2.24) is 14.9 Å². The van der Waals surface area contributed by atoms with E-state index in [4.69, 9.17) is 4.74 Å². The van der Waals surface area contributed by atoms with Crippen LogP contribution in [0.2, 0.25) is 0 Å². The molecule has 0 unspecified atom stereocenters. The molecule has 1 saturated heterocycles. The van der Waals surface area contributed by atoms with Crippen LogP contribution in [-0.2, 0) is 4.79 Å². The fourth-order valence-corrected chi connectivity index (χ4v) is 4.16. The molecule has 3 aromatic rings. The summed E-state index contributed by atoms with van der Waals surface area (Å²) in [5, 5.41) is 11.2. The third-order valence-electron chi connectivity index (χ3n) is 6.13. The Balaban J connectivity index is 1.39. The highest BCUT2D eigenvalue weighted by atomic mass is 16.5. The molecule has 0 saturated carbocycles. The topological polar surface area (TPSA) is 121 Å². The summed E-state index contributed by atoms with van der Waals surface area (Å²) in [6.45, 7) is 5.60. The first-order chi connectivity index (χ1) is 17.9. The molecule has 2 heterocycles. The van der Waals surface area contributed by atoms with Crippen LogP contribution in [0.3, 0.4) is 0 Å². The summed E-state index contributed by atoms with van der Waals surface area (Å²) >= 11 is 0. The molecule has 0 atom stereocenters. The van der Waals surface area contributed by atoms with Crippen molar-refractivity contribution in [2.45, 2.75) is 18.8 Å². The Bertz CT molecular complexity index is 1270. The number of urea groups is 1. The van der Waals surface area contributed by atoms with Crippen LogP contribution in [0, 0.1) is 0 Å². The maximum Gasteiger partial charge on any atom is 0.324 e. The first-order valence-corrected chi connectivity index (χ1v) is 12.0. The predicted octanol–water partition coefficient (Wildman–Crippen LogP) is 4.81. The average molecular weight is 502 g/mol. The first-order valence-electron chi connectivity index (χ1n) is 12.0. The van der Waals surface area contributed by atoms with E-state index in [-0.39, 0.29) is 5.91 Å². The zero-order chi connectivity index (χ0) is 26.2. The number of hydrogen-bond donors (Lipinski definition) is 4. The van der Waals surface area contributed by atoms with E-state index in [1.54, 1.807) is 43.6 Å². The molecular weight excluding hydrogens is 470 g/mol. The number of nitrogens with one attached hydrogen (secondary N) is 4. The molecule has 1 aliphatic heterocycles. The number of aromatic nitrogens is 2. The predicted molar refractivity (Wildman–Crippen MR) is 146 cm³/mol. The Labute approximate surface area is 216 Å². The summed E-state index contributed by atoms with van der Waals surface area (Å²) in [5.41, 5.74) is 3.03. The zero-order valence-electron chi connectivity index (χ0n) is 21.0. The van der Waals surface area contributed by atoms with Crippen LogP contribution in [0.1, 0.15) is 24.3 Å². The normalized spacial score (nSPS) is 13.9. The highest BCUT2D eigenvalue weighted by Gasteiger charge is 2.20. The Kier molecular flexibility index (Phi) is 8.32. The molecule has 0 radical (unpaired) electrons. The molecule has 2 aromatic carbocycles. The SMILES string of the molecule is C=CC(=O)Nc1cccc(NC(=O)Nc2ccnc(Nc3ccc(C4CCN(C)CC4)cc3OC)n2)c1. The Hall–Kier alpha value is -4.44. The van der Waals surface area contributed by atoms with Gasteiger partial charge in [-0.25, -0.2) is 9.78 Å². The molecule has 37 heavy (non-hydrogen) atoms. The van der Waals surface area contributed by atoms with Gasteiger partial charge in [-0.05, 0) is 86.9 Å². The van der Waals surface area contributed by atoms with Gasteiger partial charge in [-0.1, -0.05) is 18.7 Å². The van der Waals surface area contributed by atoms with Crippen molar-refractivity contribution in [2.24, 2.45) is 0 Å². The molecule has 10 heteroatoms. The lowest BCUT2D eigenvalue weighted by molar-refractivity contribution is -0.111. The van der Waals surface area contributed by atoms with Crippen molar-refractivity contribution in [3.05, 3.63) is 72.9 Å². The number of methoxy groups -OCH3 is 1. The van der Waals surface area contributed by atoms with Crippen LogP contribution < -0.4 is 26.0 Å². The second-order valence-electron chi connectivity index (χ2n) is 8.78. The van der Waals surface area contributed by atoms with Crippen LogP contribution in [0.15, 0.2) is 67.4 Å². The van der Waals surface area contributed by atoms with Gasteiger partial charge in [0.1, 0.15) is 11.6 Å². The first kappa shape index (κ1) is 25.6. The second-order valence-corrected chi connectivity index (χ2v) is 8.78. The monoisotopic (exact) mass is 501 g/mol. The van der Waals surface area contributed by atoms with E-state index in [0.717, 1.165) is 31.6 Å². The van der Waals surface area contributed by atoms with Crippen molar-refractivity contribution < 1.29 is 14.3 Å². The van der Waals surface area contributed by atoms with E-state index in [2.05, 4.69) is 61.9 Å². The minimum absolute atomic E-state index is 0.313. The van der Waals surface area contributed by atoms with Crippen LogP contribution in [0.25, 0.3) is 0 Å². The molecule has 1 aromatic heterocycles. The molecule has 192 valence electrons. The number of piperidine rings is 1. The van der Waals surface area contributed by atoms with E-state index in [1.807, 2.05) is 6.07 Å². The lowest BCUT2D eigenvalue weighted by Crippen LogP contribution is -2.29. The van der Waals surface area contributed by atoms with Crippen molar-refractivity contribution >= 4 is 40.8 Å². The van der Waals surface area contributed by atoms with Gasteiger partial charge >= 0.3 is 6.03 Å². The van der Waals surface area contributed by atoms with Gasteiger partial charge in [0.05, 0.1) is 12.8 Å². The number of hydrogen-bond acceptors (Lipinski definition) is 7. The van der Waals surface area contributed by atoms with Crippen molar-refractivity contribution in [1.29, 1.82) is 0 Å². The Morgan fingerprint density at radius 3 is 2.54 bits per heavy atom. The number of amides is 3. The van der Waals surface area contributed by atoms with E-state index >= 15 is 0 Å². The maximum absolute atomic E-state index is 12.5. The summed E-state index contributed by atoms with van der Waals surface area (Å²) in [6, 6.07) is 14.0. The smallest absolute Gasteiger partial charge is 0.324 e. The van der Waals surface area contributed by atoms with Crippen LogP contribution in [0.4, 0.5) is 33.6 Å². The van der Waals surface area contributed by atoms with Gasteiger partial charge in [0.2, 0.25) is 11.9 Å². The van der Waals surface area contributed by atoms with E-state index < -0.39 is 6.03 Å². The number of ether oxygens (including phenoxy) is 1. The van der Waals surface area contributed by atoms with Gasteiger partial charge < -0.3 is 25.6 Å². The summed E-state index contributed by atoms with van der Waals surface area (Å²) < 4.78 is 5.63. The quantitative estimate of drug-likeness (QED) is 0.327. The van der Waals surface area contributed by atoms with Crippen molar-refractivity contribution in [3.8, 4) is 5.75 Å². The molecule has 10 nitrogen and oxygen atoms in total. The molecule has 4 N–H and O–H groups in total. The molecule has 0 aliphatic carbocycles. The van der Waals surface area contributed by atoms with Gasteiger partial charge in [0, 0.05) is 17.6 Å². The zero-order valence-corrected chi connectivity index (χ0v) is 21.0. The van der Waals surface area contributed by atoms with Crippen LogP contribution in [-0.4, -0.2) is 54.1 Å². The number of anilines is 5. The fraction of sp³-hybridized carbons (Fsp3) is 0.259. The minimum atomic E-state index is -0.489. The van der Waals surface area contributed by atoms with Crippen molar-refractivity contribution in [3.63, 3.8) is 0 Å². The molecule has 4 rings (SSSR count). The maximum atomic E-state index is 12.5. The third kappa shape index (κ3) is 7.05. The summed E-state index contributed by atoms with van der Waals surface area (Å²) in [7, 11) is 3.79. The van der Waals surface area contributed by atoms with Gasteiger partial charge in [-0.15, -0.1) is 0 Å². The summed E-state index contributed by atoms with van der Waals surface area (Å²) in [4.78, 5) is 35.0. The van der Waals surface area contributed by atoms with E-state index in [9.17, 15) is 9.59 Å². The van der Waals surface area contributed by atoms with E-state index in [1.165, 1.54) is 11.6 Å².